The molecule has 0 aliphatic heterocycles. The Hall–Kier alpha value is -1.84. The summed E-state index contributed by atoms with van der Waals surface area (Å²) in [7, 11) is -3.89. The summed E-state index contributed by atoms with van der Waals surface area (Å²) in [6.07, 6.45) is 1.29. The second kappa shape index (κ2) is 4.80. The van der Waals surface area contributed by atoms with E-state index in [1.54, 1.807) is 6.07 Å². The highest BCUT2D eigenvalue weighted by Gasteiger charge is 2.16. The fourth-order valence-corrected chi connectivity index (χ4v) is 2.37. The number of rotatable bonds is 3. The predicted octanol–water partition coefficient (Wildman–Crippen LogP) is 0.438. The van der Waals surface area contributed by atoms with Gasteiger partial charge in [-0.1, -0.05) is 16.6 Å². The number of primary sulfonamides is 1. The molecule has 7 nitrogen and oxygen atoms in total. The summed E-state index contributed by atoms with van der Waals surface area (Å²) in [5.74, 6) is -0.485. The second-order valence-corrected chi connectivity index (χ2v) is 5.59. The van der Waals surface area contributed by atoms with Crippen LogP contribution in [-0.2, 0) is 10.0 Å². The molecule has 2 aromatic rings. The van der Waals surface area contributed by atoms with Crippen LogP contribution in [0.5, 0.6) is 0 Å². The van der Waals surface area contributed by atoms with E-state index in [0.717, 1.165) is 11.5 Å². The van der Waals surface area contributed by atoms with Crippen molar-refractivity contribution >= 4 is 33.2 Å². The van der Waals surface area contributed by atoms with Gasteiger partial charge in [-0.2, -0.15) is 0 Å². The highest BCUT2D eigenvalue weighted by atomic mass is 32.2. The summed E-state index contributed by atoms with van der Waals surface area (Å²) in [5, 5.41) is 11.0. The van der Waals surface area contributed by atoms with Gasteiger partial charge in [0.05, 0.1) is 11.9 Å². The quantitative estimate of drug-likeness (QED) is 0.848. The van der Waals surface area contributed by atoms with Crippen LogP contribution in [0, 0.1) is 0 Å². The molecule has 0 saturated carbocycles. The van der Waals surface area contributed by atoms with Crippen molar-refractivity contribution in [1.29, 1.82) is 0 Å². The van der Waals surface area contributed by atoms with Crippen LogP contribution in [0.3, 0.4) is 0 Å². The van der Waals surface area contributed by atoms with E-state index in [1.165, 1.54) is 24.4 Å². The van der Waals surface area contributed by atoms with Crippen LogP contribution in [0.2, 0.25) is 0 Å². The molecule has 1 aromatic heterocycles. The van der Waals surface area contributed by atoms with Crippen LogP contribution in [0.1, 0.15) is 9.67 Å². The zero-order chi connectivity index (χ0) is 13.2. The minimum absolute atomic E-state index is 0.124. The average molecular weight is 284 g/mol. The molecule has 9 heteroatoms. The lowest BCUT2D eigenvalue weighted by Gasteiger charge is -2.07. The Morgan fingerprint density at radius 3 is 2.67 bits per heavy atom. The molecule has 0 unspecified atom stereocenters. The molecule has 0 bridgehead atoms. The topological polar surface area (TPSA) is 115 Å². The van der Waals surface area contributed by atoms with Gasteiger partial charge in [-0.25, -0.2) is 13.6 Å². The maximum atomic E-state index is 11.7. The molecule has 1 aromatic carbocycles. The van der Waals surface area contributed by atoms with E-state index in [2.05, 4.69) is 14.9 Å². The molecular formula is C9H8N4O3S2. The fraction of sp³-hybridized carbons (Fsp3) is 0. The molecule has 18 heavy (non-hydrogen) atoms. The van der Waals surface area contributed by atoms with Crippen molar-refractivity contribution < 1.29 is 13.2 Å². The molecule has 1 heterocycles. The molecule has 94 valence electrons. The first-order chi connectivity index (χ1) is 8.48. The van der Waals surface area contributed by atoms with Crippen LogP contribution in [0.25, 0.3) is 0 Å². The molecule has 0 saturated heterocycles. The minimum Gasteiger partial charge on any atom is -0.320 e. The molecule has 0 aliphatic carbocycles. The Kier molecular flexibility index (Phi) is 3.36. The fourth-order valence-electron chi connectivity index (χ4n) is 1.27. The van der Waals surface area contributed by atoms with Gasteiger partial charge in [0.2, 0.25) is 10.0 Å². The monoisotopic (exact) mass is 284 g/mol. The highest BCUT2D eigenvalue weighted by Crippen LogP contribution is 2.20. The van der Waals surface area contributed by atoms with Gasteiger partial charge in [0, 0.05) is 0 Å². The number of carbonyl (C=O) groups excluding carboxylic acids is 1. The summed E-state index contributed by atoms with van der Waals surface area (Å²) in [6.45, 7) is 0. The number of anilines is 1. The van der Waals surface area contributed by atoms with Gasteiger partial charge in [0.1, 0.15) is 9.77 Å². The van der Waals surface area contributed by atoms with Crippen molar-refractivity contribution in [2.24, 2.45) is 5.14 Å². The van der Waals surface area contributed by atoms with Gasteiger partial charge in [-0.15, -0.1) is 5.10 Å². The minimum atomic E-state index is -3.89. The first-order valence-electron chi connectivity index (χ1n) is 4.69. The number of benzene rings is 1. The first-order valence-corrected chi connectivity index (χ1v) is 7.01. The molecule has 0 fully saturated rings. The van der Waals surface area contributed by atoms with Gasteiger partial charge in [-0.3, -0.25) is 4.79 Å². The Morgan fingerprint density at radius 1 is 1.33 bits per heavy atom. The molecule has 0 radical (unpaired) electrons. The van der Waals surface area contributed by atoms with Gasteiger partial charge in [-0.05, 0) is 23.7 Å². The average Bonchev–Trinajstić information content (AvgIpc) is 2.81. The Morgan fingerprint density at radius 2 is 2.06 bits per heavy atom. The summed E-state index contributed by atoms with van der Waals surface area (Å²) in [6, 6.07) is 5.88. The number of carbonyl (C=O) groups is 1. The predicted molar refractivity (Wildman–Crippen MR) is 65.7 cm³/mol. The van der Waals surface area contributed by atoms with Gasteiger partial charge in [0.25, 0.3) is 5.91 Å². The number of para-hydroxylation sites is 1. The standard InChI is InChI=1S/C9H8N4O3S2/c10-18(15,16)8-4-2-1-3-6(8)12-9(14)7-5-11-13-17-7/h1-5H,(H,12,14)(H2,10,15,16). The first kappa shape index (κ1) is 12.6. The van der Waals surface area contributed by atoms with Crippen molar-refractivity contribution in [1.82, 2.24) is 9.59 Å². The van der Waals surface area contributed by atoms with E-state index in [9.17, 15) is 13.2 Å². The van der Waals surface area contributed by atoms with Crippen molar-refractivity contribution in [3.63, 3.8) is 0 Å². The van der Waals surface area contributed by atoms with E-state index in [0.29, 0.717) is 0 Å². The molecule has 0 atom stereocenters. The van der Waals surface area contributed by atoms with Crippen LogP contribution in [0.15, 0.2) is 35.4 Å². The summed E-state index contributed by atoms with van der Waals surface area (Å²) < 4.78 is 26.2. The number of hydrogen-bond acceptors (Lipinski definition) is 6. The third-order valence-corrected chi connectivity index (χ3v) is 3.66. The van der Waals surface area contributed by atoms with Crippen molar-refractivity contribution in [3.8, 4) is 0 Å². The molecular weight excluding hydrogens is 276 g/mol. The van der Waals surface area contributed by atoms with E-state index in [4.69, 9.17) is 5.14 Å². The van der Waals surface area contributed by atoms with Crippen LogP contribution >= 0.6 is 11.5 Å². The number of sulfonamides is 1. The summed E-state index contributed by atoms with van der Waals surface area (Å²) >= 11 is 0.910. The third kappa shape index (κ3) is 2.70. The Labute approximate surface area is 107 Å². The lowest BCUT2D eigenvalue weighted by molar-refractivity contribution is 0.103. The molecule has 0 aliphatic rings. The van der Waals surface area contributed by atoms with Crippen molar-refractivity contribution in [2.75, 3.05) is 5.32 Å². The van der Waals surface area contributed by atoms with Gasteiger partial charge < -0.3 is 5.32 Å². The summed E-state index contributed by atoms with van der Waals surface area (Å²) in [5.41, 5.74) is 0.124. The van der Waals surface area contributed by atoms with Crippen LogP contribution < -0.4 is 10.5 Å². The van der Waals surface area contributed by atoms with E-state index in [-0.39, 0.29) is 15.5 Å². The second-order valence-electron chi connectivity index (χ2n) is 3.28. The zero-order valence-corrected chi connectivity index (χ0v) is 10.5. The van der Waals surface area contributed by atoms with Gasteiger partial charge in [0.15, 0.2) is 0 Å². The maximum Gasteiger partial charge on any atom is 0.269 e. The maximum absolute atomic E-state index is 11.7. The molecule has 3 N–H and O–H groups in total. The van der Waals surface area contributed by atoms with Crippen LogP contribution in [0.4, 0.5) is 5.69 Å². The lowest BCUT2D eigenvalue weighted by Crippen LogP contribution is -2.17. The Bertz CT molecular complexity index is 667. The number of amides is 1. The SMILES string of the molecule is NS(=O)(=O)c1ccccc1NC(=O)c1cnns1. The van der Waals surface area contributed by atoms with Crippen molar-refractivity contribution in [2.45, 2.75) is 4.90 Å². The zero-order valence-electron chi connectivity index (χ0n) is 8.90. The van der Waals surface area contributed by atoms with E-state index < -0.39 is 15.9 Å². The largest absolute Gasteiger partial charge is 0.320 e. The number of aromatic nitrogens is 2. The summed E-state index contributed by atoms with van der Waals surface area (Å²) in [4.78, 5) is 11.9. The smallest absolute Gasteiger partial charge is 0.269 e. The Balaban J connectivity index is 2.33. The highest BCUT2D eigenvalue weighted by molar-refractivity contribution is 7.89. The molecule has 1 amide bonds. The number of nitrogens with two attached hydrogens (primary N) is 1. The normalized spacial score (nSPS) is 11.2. The molecule has 0 spiro atoms. The lowest BCUT2D eigenvalue weighted by atomic mass is 10.3. The van der Waals surface area contributed by atoms with E-state index >= 15 is 0 Å². The van der Waals surface area contributed by atoms with Crippen molar-refractivity contribution in [3.05, 3.63) is 35.3 Å². The molecule has 2 rings (SSSR count). The number of nitrogens with one attached hydrogen (secondary N) is 1. The third-order valence-electron chi connectivity index (χ3n) is 2.03. The van der Waals surface area contributed by atoms with Crippen LogP contribution in [-0.4, -0.2) is 23.9 Å². The van der Waals surface area contributed by atoms with Gasteiger partial charge >= 0.3 is 0 Å². The number of hydrogen-bond donors (Lipinski definition) is 2. The number of nitrogens with zero attached hydrogens (tertiary/aromatic N) is 2. The van der Waals surface area contributed by atoms with E-state index in [1.807, 2.05) is 0 Å².